The van der Waals surface area contributed by atoms with Gasteiger partial charge in [0, 0.05) is 5.71 Å². The molecular weight excluding hydrogens is 230 g/mol. The van der Waals surface area contributed by atoms with E-state index in [4.69, 9.17) is 5.11 Å². The Kier molecular flexibility index (Phi) is 4.48. The molecule has 0 aromatic rings. The largest absolute Gasteiger partial charge is 0.481 e. The Hall–Kier alpha value is -1.37. The standard InChI is InChI=1S/C9H13N3O3S/c1-3-5(2)11-12-9-10-8(15)6(16-9)4-7(13)14/h6H,3-4H2,1-2H3,(H,13,14)(H,10,12,15)/t6-/m1/s1. The molecule has 1 amide bonds. The van der Waals surface area contributed by atoms with Crippen LogP contribution in [0.3, 0.4) is 0 Å². The topological polar surface area (TPSA) is 91.1 Å². The number of carbonyl (C=O) groups excluding carboxylic acids is 1. The van der Waals surface area contributed by atoms with Crippen molar-refractivity contribution >= 4 is 34.5 Å². The molecule has 16 heavy (non-hydrogen) atoms. The average molecular weight is 243 g/mol. The van der Waals surface area contributed by atoms with Gasteiger partial charge in [-0.1, -0.05) is 18.7 Å². The molecule has 0 bridgehead atoms. The Morgan fingerprint density at radius 1 is 1.62 bits per heavy atom. The summed E-state index contributed by atoms with van der Waals surface area (Å²) >= 11 is 1.10. The number of carboxylic acids is 1. The first kappa shape index (κ1) is 12.7. The molecule has 0 unspecified atom stereocenters. The molecule has 1 fully saturated rings. The zero-order valence-corrected chi connectivity index (χ0v) is 9.87. The van der Waals surface area contributed by atoms with Gasteiger partial charge in [0.1, 0.15) is 5.25 Å². The fraction of sp³-hybridized carbons (Fsp3) is 0.556. The maximum atomic E-state index is 11.3. The molecule has 7 heteroatoms. The second-order valence-electron chi connectivity index (χ2n) is 3.29. The molecule has 0 radical (unpaired) electrons. The number of hydrogen-bond donors (Lipinski definition) is 2. The van der Waals surface area contributed by atoms with Crippen molar-refractivity contribution in [2.45, 2.75) is 31.9 Å². The molecule has 1 aliphatic rings. The Bertz CT molecular complexity index is 365. The predicted molar refractivity (Wildman–Crippen MR) is 62.6 cm³/mol. The van der Waals surface area contributed by atoms with Crippen LogP contribution in [0.4, 0.5) is 0 Å². The van der Waals surface area contributed by atoms with E-state index in [9.17, 15) is 9.59 Å². The van der Waals surface area contributed by atoms with E-state index in [1.165, 1.54) is 0 Å². The van der Waals surface area contributed by atoms with Crippen LogP contribution in [0, 0.1) is 0 Å². The van der Waals surface area contributed by atoms with Crippen LogP contribution in [0.5, 0.6) is 0 Å². The van der Waals surface area contributed by atoms with E-state index in [0.717, 1.165) is 23.9 Å². The molecule has 0 aliphatic carbocycles. The van der Waals surface area contributed by atoms with Crippen LogP contribution in [-0.2, 0) is 9.59 Å². The van der Waals surface area contributed by atoms with Gasteiger partial charge in [-0.05, 0) is 13.3 Å². The highest BCUT2D eigenvalue weighted by molar-refractivity contribution is 8.15. The monoisotopic (exact) mass is 243 g/mol. The Balaban J connectivity index is 2.62. The minimum Gasteiger partial charge on any atom is -0.481 e. The van der Waals surface area contributed by atoms with Crippen molar-refractivity contribution in [3.63, 3.8) is 0 Å². The minimum atomic E-state index is -0.998. The first-order valence-corrected chi connectivity index (χ1v) is 5.71. The van der Waals surface area contributed by atoms with E-state index in [1.807, 2.05) is 13.8 Å². The maximum absolute atomic E-state index is 11.3. The van der Waals surface area contributed by atoms with Gasteiger partial charge < -0.3 is 10.4 Å². The van der Waals surface area contributed by atoms with E-state index in [1.54, 1.807) is 0 Å². The quantitative estimate of drug-likeness (QED) is 0.565. The Labute approximate surface area is 97.2 Å². The minimum absolute atomic E-state index is 0.202. The van der Waals surface area contributed by atoms with Gasteiger partial charge in [0.05, 0.1) is 6.42 Å². The summed E-state index contributed by atoms with van der Waals surface area (Å²) < 4.78 is 0. The molecule has 0 aromatic heterocycles. The van der Waals surface area contributed by atoms with E-state index in [0.29, 0.717) is 5.17 Å². The van der Waals surface area contributed by atoms with Crippen LogP contribution in [0.25, 0.3) is 0 Å². The number of carbonyl (C=O) groups is 2. The number of hydrogen-bond acceptors (Lipinski definition) is 5. The second kappa shape index (κ2) is 5.64. The summed E-state index contributed by atoms with van der Waals surface area (Å²) in [7, 11) is 0. The maximum Gasteiger partial charge on any atom is 0.305 e. The number of carboxylic acid groups (broad SMARTS) is 1. The van der Waals surface area contributed by atoms with Gasteiger partial charge in [0.2, 0.25) is 5.91 Å². The summed E-state index contributed by atoms with van der Waals surface area (Å²) in [6.45, 7) is 3.78. The third-order valence-corrected chi connectivity index (χ3v) is 3.03. The summed E-state index contributed by atoms with van der Waals surface area (Å²) in [6.07, 6.45) is 0.583. The van der Waals surface area contributed by atoms with Crippen molar-refractivity contribution in [1.82, 2.24) is 5.32 Å². The lowest BCUT2D eigenvalue weighted by Gasteiger charge is -1.97. The summed E-state index contributed by atoms with van der Waals surface area (Å²) in [5.41, 5.74) is 0.851. The molecule has 1 rings (SSSR count). The van der Waals surface area contributed by atoms with Crippen LogP contribution in [0.15, 0.2) is 10.2 Å². The highest BCUT2D eigenvalue weighted by Crippen LogP contribution is 2.22. The van der Waals surface area contributed by atoms with Crippen LogP contribution in [0.1, 0.15) is 26.7 Å². The van der Waals surface area contributed by atoms with Crippen molar-refractivity contribution < 1.29 is 14.7 Å². The number of aliphatic carboxylic acids is 1. The zero-order valence-electron chi connectivity index (χ0n) is 9.06. The number of thioether (sulfide) groups is 1. The van der Waals surface area contributed by atoms with Crippen molar-refractivity contribution in [3.05, 3.63) is 0 Å². The lowest BCUT2D eigenvalue weighted by Crippen LogP contribution is -2.26. The van der Waals surface area contributed by atoms with E-state index >= 15 is 0 Å². The number of rotatable bonds is 4. The van der Waals surface area contributed by atoms with Gasteiger partial charge in [0.15, 0.2) is 5.17 Å². The Morgan fingerprint density at radius 2 is 2.31 bits per heavy atom. The normalized spacial score (nSPS) is 23.6. The number of amidine groups is 1. The fourth-order valence-electron chi connectivity index (χ4n) is 0.947. The van der Waals surface area contributed by atoms with Gasteiger partial charge in [-0.2, -0.15) is 5.10 Å². The second-order valence-corrected chi connectivity index (χ2v) is 4.48. The van der Waals surface area contributed by atoms with E-state index < -0.39 is 11.2 Å². The smallest absolute Gasteiger partial charge is 0.305 e. The molecule has 1 heterocycles. The molecule has 1 atom stereocenters. The van der Waals surface area contributed by atoms with Gasteiger partial charge in [-0.3, -0.25) is 9.59 Å². The van der Waals surface area contributed by atoms with Crippen molar-refractivity contribution in [2.24, 2.45) is 10.2 Å². The van der Waals surface area contributed by atoms with Crippen molar-refractivity contribution in [3.8, 4) is 0 Å². The first-order chi connectivity index (χ1) is 7.52. The molecule has 88 valence electrons. The molecule has 0 spiro atoms. The number of nitrogens with zero attached hydrogens (tertiary/aromatic N) is 2. The molecular formula is C9H13N3O3S. The molecule has 2 N–H and O–H groups in total. The lowest BCUT2D eigenvalue weighted by atomic mass is 10.3. The van der Waals surface area contributed by atoms with Crippen molar-refractivity contribution in [2.75, 3.05) is 0 Å². The van der Waals surface area contributed by atoms with E-state index in [2.05, 4.69) is 15.5 Å². The third kappa shape index (κ3) is 3.65. The van der Waals surface area contributed by atoms with Crippen molar-refractivity contribution in [1.29, 1.82) is 0 Å². The highest BCUT2D eigenvalue weighted by atomic mass is 32.2. The van der Waals surface area contributed by atoms with Gasteiger partial charge in [-0.25, -0.2) is 0 Å². The third-order valence-electron chi connectivity index (χ3n) is 1.96. The molecule has 1 aliphatic heterocycles. The van der Waals surface area contributed by atoms with Gasteiger partial charge in [-0.15, -0.1) is 5.10 Å². The van der Waals surface area contributed by atoms with Crippen LogP contribution >= 0.6 is 11.8 Å². The molecule has 1 saturated heterocycles. The zero-order chi connectivity index (χ0) is 12.1. The van der Waals surface area contributed by atoms with Crippen LogP contribution in [-0.4, -0.2) is 33.1 Å². The van der Waals surface area contributed by atoms with Gasteiger partial charge >= 0.3 is 5.97 Å². The molecule has 0 aromatic carbocycles. The number of nitrogens with one attached hydrogen (secondary N) is 1. The summed E-state index contributed by atoms with van der Waals surface area (Å²) in [6, 6.07) is 0. The molecule has 6 nitrogen and oxygen atoms in total. The van der Waals surface area contributed by atoms with Crippen LogP contribution < -0.4 is 5.32 Å². The molecule has 0 saturated carbocycles. The van der Waals surface area contributed by atoms with Crippen LogP contribution in [0.2, 0.25) is 0 Å². The predicted octanol–water partition coefficient (Wildman–Crippen LogP) is 0.835. The summed E-state index contributed by atoms with van der Waals surface area (Å²) in [4.78, 5) is 21.8. The fourth-order valence-corrected chi connectivity index (χ4v) is 1.86. The summed E-state index contributed by atoms with van der Waals surface area (Å²) in [5.74, 6) is -1.32. The lowest BCUT2D eigenvalue weighted by molar-refractivity contribution is -0.138. The SMILES string of the molecule is CCC(C)=NN=C1NC(=O)[C@@H](CC(=O)O)S1. The first-order valence-electron chi connectivity index (χ1n) is 4.83. The summed E-state index contributed by atoms with van der Waals surface area (Å²) in [5, 5.41) is 18.6. The average Bonchev–Trinajstić information content (AvgIpc) is 2.55. The highest BCUT2D eigenvalue weighted by Gasteiger charge is 2.32. The van der Waals surface area contributed by atoms with E-state index in [-0.39, 0.29) is 12.3 Å². The number of amides is 1. The Morgan fingerprint density at radius 3 is 2.88 bits per heavy atom. The van der Waals surface area contributed by atoms with Gasteiger partial charge in [0.25, 0.3) is 0 Å².